The topological polar surface area (TPSA) is 62.1 Å². The van der Waals surface area contributed by atoms with Crippen LogP contribution in [0.5, 0.6) is 5.75 Å². The van der Waals surface area contributed by atoms with E-state index < -0.39 is 6.10 Å². The van der Waals surface area contributed by atoms with Crippen molar-refractivity contribution >= 4 is 5.91 Å². The van der Waals surface area contributed by atoms with Crippen LogP contribution in [-0.4, -0.2) is 12.0 Å². The molecule has 0 bridgehead atoms. The highest BCUT2D eigenvalue weighted by molar-refractivity contribution is 5.80. The maximum absolute atomic E-state index is 12.1. The smallest absolute Gasteiger partial charge is 0.261 e. The van der Waals surface area contributed by atoms with Gasteiger partial charge in [-0.25, -0.2) is 0 Å². The van der Waals surface area contributed by atoms with Gasteiger partial charge in [-0.3, -0.25) is 4.79 Å². The lowest BCUT2D eigenvalue weighted by molar-refractivity contribution is -0.127. The third kappa shape index (κ3) is 4.58. The van der Waals surface area contributed by atoms with Gasteiger partial charge in [-0.05, 0) is 56.2 Å². The molecule has 0 saturated heterocycles. The Balaban J connectivity index is 1.90. The fraction of sp³-hybridized carbons (Fsp3) is 0.263. The number of rotatable bonds is 5. The Hall–Kier alpha value is -2.80. The van der Waals surface area contributed by atoms with Gasteiger partial charge >= 0.3 is 0 Å². The van der Waals surface area contributed by atoms with Crippen molar-refractivity contribution in [2.45, 2.75) is 33.4 Å². The van der Waals surface area contributed by atoms with Crippen molar-refractivity contribution in [2.24, 2.45) is 0 Å². The van der Waals surface area contributed by atoms with Crippen LogP contribution in [0.2, 0.25) is 0 Å². The van der Waals surface area contributed by atoms with E-state index in [0.717, 1.165) is 11.1 Å². The summed E-state index contributed by atoms with van der Waals surface area (Å²) >= 11 is 0. The number of nitrogens with one attached hydrogen (secondary N) is 1. The van der Waals surface area contributed by atoms with Gasteiger partial charge in [0.2, 0.25) is 0 Å². The molecule has 0 fully saturated rings. The number of amides is 1. The van der Waals surface area contributed by atoms with Crippen LogP contribution in [0.25, 0.3) is 0 Å². The van der Waals surface area contributed by atoms with E-state index in [1.807, 2.05) is 32.0 Å². The van der Waals surface area contributed by atoms with Crippen molar-refractivity contribution in [2.75, 3.05) is 0 Å². The first-order chi connectivity index (χ1) is 11.0. The highest BCUT2D eigenvalue weighted by atomic mass is 16.5. The number of ether oxygens (including phenoxy) is 1. The fourth-order valence-corrected chi connectivity index (χ4v) is 2.24. The molecule has 0 radical (unpaired) electrons. The Labute approximate surface area is 136 Å². The molecule has 0 saturated carbocycles. The predicted molar refractivity (Wildman–Crippen MR) is 89.0 cm³/mol. The largest absolute Gasteiger partial charge is 0.481 e. The lowest BCUT2D eigenvalue weighted by Crippen LogP contribution is -2.36. The normalized spacial score (nSPS) is 11.4. The average Bonchev–Trinajstić information content (AvgIpc) is 2.54. The number of aryl methyl sites for hydroxylation is 2. The van der Waals surface area contributed by atoms with Gasteiger partial charge < -0.3 is 10.1 Å². The minimum atomic E-state index is -0.603. The van der Waals surface area contributed by atoms with Crippen LogP contribution in [0.15, 0.2) is 42.5 Å². The summed E-state index contributed by atoms with van der Waals surface area (Å²) in [4.78, 5) is 12.1. The molecular formula is C19H20N2O2. The van der Waals surface area contributed by atoms with Gasteiger partial charge in [0.25, 0.3) is 5.91 Å². The summed E-state index contributed by atoms with van der Waals surface area (Å²) in [6.07, 6.45) is -0.603. The van der Waals surface area contributed by atoms with Crippen LogP contribution in [-0.2, 0) is 11.3 Å². The van der Waals surface area contributed by atoms with Gasteiger partial charge in [0.15, 0.2) is 6.10 Å². The lowest BCUT2D eigenvalue weighted by Gasteiger charge is -2.15. The highest BCUT2D eigenvalue weighted by Gasteiger charge is 2.14. The second-order valence-electron chi connectivity index (χ2n) is 5.54. The quantitative estimate of drug-likeness (QED) is 0.922. The van der Waals surface area contributed by atoms with E-state index in [1.165, 1.54) is 5.56 Å². The van der Waals surface area contributed by atoms with Crippen LogP contribution in [0.4, 0.5) is 0 Å². The molecule has 0 heterocycles. The molecule has 4 heteroatoms. The van der Waals surface area contributed by atoms with Gasteiger partial charge in [0.1, 0.15) is 5.75 Å². The van der Waals surface area contributed by atoms with E-state index in [9.17, 15) is 4.79 Å². The summed E-state index contributed by atoms with van der Waals surface area (Å²) < 4.78 is 5.59. The molecule has 0 spiro atoms. The molecule has 2 aromatic carbocycles. The summed E-state index contributed by atoms with van der Waals surface area (Å²) in [5, 5.41) is 11.6. The zero-order valence-corrected chi connectivity index (χ0v) is 13.6. The van der Waals surface area contributed by atoms with E-state index in [0.29, 0.717) is 17.9 Å². The van der Waals surface area contributed by atoms with Crippen LogP contribution in [0.1, 0.15) is 29.2 Å². The number of carbonyl (C=O) groups is 1. The van der Waals surface area contributed by atoms with Crippen molar-refractivity contribution < 1.29 is 9.53 Å². The Morgan fingerprint density at radius 2 is 1.91 bits per heavy atom. The minimum absolute atomic E-state index is 0.172. The van der Waals surface area contributed by atoms with Crippen molar-refractivity contribution in [3.63, 3.8) is 0 Å². The van der Waals surface area contributed by atoms with Gasteiger partial charge in [0, 0.05) is 6.54 Å². The molecular weight excluding hydrogens is 288 g/mol. The first kappa shape index (κ1) is 16.6. The maximum atomic E-state index is 12.1. The molecule has 0 aliphatic carbocycles. The molecule has 0 aliphatic heterocycles. The molecule has 0 aliphatic rings. The van der Waals surface area contributed by atoms with Crippen molar-refractivity contribution in [3.8, 4) is 11.8 Å². The second kappa shape index (κ2) is 7.46. The Kier molecular flexibility index (Phi) is 5.37. The minimum Gasteiger partial charge on any atom is -0.481 e. The Bertz CT molecular complexity index is 730. The van der Waals surface area contributed by atoms with Gasteiger partial charge in [-0.2, -0.15) is 5.26 Å². The van der Waals surface area contributed by atoms with E-state index in [4.69, 9.17) is 10.00 Å². The third-order valence-electron chi connectivity index (χ3n) is 3.62. The van der Waals surface area contributed by atoms with Crippen LogP contribution in [0, 0.1) is 25.2 Å². The molecule has 2 rings (SSSR count). The van der Waals surface area contributed by atoms with E-state index in [-0.39, 0.29) is 5.91 Å². The number of carbonyl (C=O) groups excluding carboxylic acids is 1. The molecule has 23 heavy (non-hydrogen) atoms. The molecule has 1 atom stereocenters. The predicted octanol–water partition coefficient (Wildman–Crippen LogP) is 3.26. The van der Waals surface area contributed by atoms with E-state index in [1.54, 1.807) is 31.2 Å². The molecule has 118 valence electrons. The zero-order valence-electron chi connectivity index (χ0n) is 13.6. The molecule has 2 aromatic rings. The zero-order chi connectivity index (χ0) is 16.8. The number of nitrogens with zero attached hydrogens (tertiary/aromatic N) is 1. The van der Waals surface area contributed by atoms with Gasteiger partial charge in [0.05, 0.1) is 11.6 Å². The Morgan fingerprint density at radius 3 is 2.52 bits per heavy atom. The Morgan fingerprint density at radius 1 is 1.22 bits per heavy atom. The molecule has 1 unspecified atom stereocenters. The number of nitriles is 1. The summed E-state index contributed by atoms with van der Waals surface area (Å²) in [6.45, 7) is 6.26. The number of benzene rings is 2. The third-order valence-corrected chi connectivity index (χ3v) is 3.62. The van der Waals surface area contributed by atoms with Crippen molar-refractivity contribution in [3.05, 3.63) is 64.7 Å². The van der Waals surface area contributed by atoms with Gasteiger partial charge in [-0.1, -0.05) is 23.8 Å². The number of hydrogen-bond donors (Lipinski definition) is 1. The van der Waals surface area contributed by atoms with Crippen LogP contribution < -0.4 is 10.1 Å². The summed E-state index contributed by atoms with van der Waals surface area (Å²) in [7, 11) is 0. The summed E-state index contributed by atoms with van der Waals surface area (Å²) in [5.74, 6) is 0.396. The fourth-order valence-electron chi connectivity index (χ4n) is 2.24. The standard InChI is InChI=1S/C19H20N2O2/c1-13-4-7-17(14(2)10-13)12-21-19(22)15(3)23-18-8-5-16(11-20)6-9-18/h4-10,15H,12H2,1-3H3,(H,21,22). The van der Waals surface area contributed by atoms with Crippen LogP contribution >= 0.6 is 0 Å². The van der Waals surface area contributed by atoms with Gasteiger partial charge in [-0.15, -0.1) is 0 Å². The molecule has 1 amide bonds. The SMILES string of the molecule is Cc1ccc(CNC(=O)C(C)Oc2ccc(C#N)cc2)c(C)c1. The first-order valence-corrected chi connectivity index (χ1v) is 7.50. The molecule has 0 aromatic heterocycles. The number of hydrogen-bond acceptors (Lipinski definition) is 3. The average molecular weight is 308 g/mol. The molecule has 1 N–H and O–H groups in total. The molecule has 4 nitrogen and oxygen atoms in total. The maximum Gasteiger partial charge on any atom is 0.261 e. The van der Waals surface area contributed by atoms with E-state index in [2.05, 4.69) is 11.4 Å². The van der Waals surface area contributed by atoms with Crippen LogP contribution in [0.3, 0.4) is 0 Å². The van der Waals surface area contributed by atoms with Crippen molar-refractivity contribution in [1.82, 2.24) is 5.32 Å². The summed E-state index contributed by atoms with van der Waals surface area (Å²) in [5.41, 5.74) is 4.01. The summed E-state index contributed by atoms with van der Waals surface area (Å²) in [6, 6.07) is 14.9. The monoisotopic (exact) mass is 308 g/mol. The lowest BCUT2D eigenvalue weighted by atomic mass is 10.1. The van der Waals surface area contributed by atoms with E-state index >= 15 is 0 Å². The second-order valence-corrected chi connectivity index (χ2v) is 5.54. The van der Waals surface area contributed by atoms with Crippen molar-refractivity contribution in [1.29, 1.82) is 5.26 Å². The highest BCUT2D eigenvalue weighted by Crippen LogP contribution is 2.14. The first-order valence-electron chi connectivity index (χ1n) is 7.50.